The Hall–Kier alpha value is -2.47. The molecule has 29 heavy (non-hydrogen) atoms. The predicted octanol–water partition coefficient (Wildman–Crippen LogP) is 3.71. The van der Waals surface area contributed by atoms with Crippen LogP contribution in [0, 0.1) is 0 Å². The van der Waals surface area contributed by atoms with E-state index in [1.54, 1.807) is 24.3 Å². The van der Waals surface area contributed by atoms with E-state index in [4.69, 9.17) is 21.2 Å². The second-order valence-corrected chi connectivity index (χ2v) is 6.87. The van der Waals surface area contributed by atoms with Crippen LogP contribution < -0.4 is 9.46 Å². The average molecular weight is 450 g/mol. The molecule has 0 bridgehead atoms. The molecule has 0 aliphatic carbocycles. The van der Waals surface area contributed by atoms with Gasteiger partial charge in [0.25, 0.3) is 0 Å². The molecular formula is C17H15ClF3N3O4S. The van der Waals surface area contributed by atoms with Crippen LogP contribution in [0.25, 0.3) is 11.4 Å². The van der Waals surface area contributed by atoms with Gasteiger partial charge in [-0.2, -0.15) is 4.98 Å². The number of nitrogens with zero attached hydrogens (tertiary/aromatic N) is 2. The Morgan fingerprint density at radius 3 is 2.52 bits per heavy atom. The average Bonchev–Trinajstić information content (AvgIpc) is 3.16. The van der Waals surface area contributed by atoms with Crippen LogP contribution >= 0.6 is 11.6 Å². The molecule has 0 amide bonds. The third-order valence-electron chi connectivity index (χ3n) is 3.18. The molecule has 0 fully saturated rings. The summed E-state index contributed by atoms with van der Waals surface area (Å²) in [6.07, 6.45) is -4.76. The van der Waals surface area contributed by atoms with Gasteiger partial charge in [-0.3, -0.25) is 0 Å². The summed E-state index contributed by atoms with van der Waals surface area (Å²) in [5.74, 6) is -0.0107. The van der Waals surface area contributed by atoms with Gasteiger partial charge >= 0.3 is 6.36 Å². The first kappa shape index (κ1) is 22.8. The molecule has 12 heteroatoms. The van der Waals surface area contributed by atoms with Gasteiger partial charge in [0.1, 0.15) is 16.7 Å². The SMILES string of the molecule is CO.O=S(NCc1nc(-c2ccc(OC(F)(F)F)cc2)no1)c1cccc(Cl)c1. The zero-order valence-electron chi connectivity index (χ0n) is 14.8. The van der Waals surface area contributed by atoms with Gasteiger partial charge < -0.3 is 14.4 Å². The Morgan fingerprint density at radius 2 is 1.90 bits per heavy atom. The second-order valence-electron chi connectivity index (χ2n) is 5.13. The number of aliphatic hydroxyl groups is 1. The quantitative estimate of drug-likeness (QED) is 0.595. The van der Waals surface area contributed by atoms with Crippen molar-refractivity contribution >= 4 is 22.6 Å². The van der Waals surface area contributed by atoms with Crippen molar-refractivity contribution in [3.05, 3.63) is 59.4 Å². The summed E-state index contributed by atoms with van der Waals surface area (Å²) in [4.78, 5) is 4.59. The lowest BCUT2D eigenvalue weighted by Gasteiger charge is -2.08. The number of ether oxygens (including phenoxy) is 1. The van der Waals surface area contributed by atoms with Crippen molar-refractivity contribution in [1.29, 1.82) is 0 Å². The van der Waals surface area contributed by atoms with Crippen LogP contribution in [-0.2, 0) is 17.5 Å². The lowest BCUT2D eigenvalue weighted by molar-refractivity contribution is -0.274. The third kappa shape index (κ3) is 7.13. The Bertz CT molecular complexity index is 952. The first-order valence-electron chi connectivity index (χ1n) is 7.84. The van der Waals surface area contributed by atoms with E-state index in [0.717, 1.165) is 19.2 Å². The summed E-state index contributed by atoms with van der Waals surface area (Å²) in [5.41, 5.74) is 0.440. The van der Waals surface area contributed by atoms with E-state index in [2.05, 4.69) is 19.6 Å². The minimum atomic E-state index is -4.76. The number of nitrogens with one attached hydrogen (secondary N) is 1. The van der Waals surface area contributed by atoms with Crippen LogP contribution in [0.5, 0.6) is 5.75 Å². The van der Waals surface area contributed by atoms with Gasteiger partial charge in [0, 0.05) is 17.7 Å². The van der Waals surface area contributed by atoms with Crippen molar-refractivity contribution in [1.82, 2.24) is 14.9 Å². The minimum Gasteiger partial charge on any atom is -0.406 e. The third-order valence-corrected chi connectivity index (χ3v) is 4.50. The fraction of sp³-hybridized carbons (Fsp3) is 0.176. The minimum absolute atomic E-state index is 0.0292. The maximum Gasteiger partial charge on any atom is 0.573 e. The lowest BCUT2D eigenvalue weighted by Crippen LogP contribution is -2.17. The molecule has 156 valence electrons. The van der Waals surface area contributed by atoms with E-state index in [-0.39, 0.29) is 24.0 Å². The molecule has 3 rings (SSSR count). The predicted molar refractivity (Wildman–Crippen MR) is 99.3 cm³/mol. The van der Waals surface area contributed by atoms with E-state index >= 15 is 0 Å². The normalized spacial score (nSPS) is 12.1. The summed E-state index contributed by atoms with van der Waals surface area (Å²) >= 11 is 5.85. The van der Waals surface area contributed by atoms with Crippen LogP contribution in [0.2, 0.25) is 5.02 Å². The molecule has 1 heterocycles. The maximum absolute atomic E-state index is 12.2. The zero-order valence-corrected chi connectivity index (χ0v) is 16.4. The van der Waals surface area contributed by atoms with Crippen molar-refractivity contribution in [2.75, 3.05) is 7.11 Å². The Morgan fingerprint density at radius 1 is 1.21 bits per heavy atom. The number of rotatable bonds is 6. The molecule has 0 saturated carbocycles. The summed E-state index contributed by atoms with van der Waals surface area (Å²) in [7, 11) is -0.528. The van der Waals surface area contributed by atoms with Crippen molar-refractivity contribution < 1.29 is 31.7 Å². The van der Waals surface area contributed by atoms with E-state index in [9.17, 15) is 17.4 Å². The van der Waals surface area contributed by atoms with E-state index < -0.39 is 17.3 Å². The van der Waals surface area contributed by atoms with Crippen LogP contribution in [-0.4, -0.2) is 32.9 Å². The molecule has 2 aromatic carbocycles. The van der Waals surface area contributed by atoms with Gasteiger partial charge in [-0.05, 0) is 42.5 Å². The van der Waals surface area contributed by atoms with E-state index in [1.807, 2.05) is 0 Å². The number of hydrogen-bond donors (Lipinski definition) is 2. The van der Waals surface area contributed by atoms with Crippen molar-refractivity contribution in [3.63, 3.8) is 0 Å². The summed E-state index contributed by atoms with van der Waals surface area (Å²) in [6, 6.07) is 11.6. The standard InChI is InChI=1S/C16H11ClF3N3O3S.CH4O/c17-11-2-1-3-13(8-11)27(24)21-9-14-22-15(23-26-14)10-4-6-12(7-5-10)25-16(18,19)20;1-2/h1-8,21H,9H2;2H,1H3. The van der Waals surface area contributed by atoms with E-state index in [0.29, 0.717) is 15.5 Å². The highest BCUT2D eigenvalue weighted by atomic mass is 35.5. The van der Waals surface area contributed by atoms with Gasteiger partial charge in [0.05, 0.1) is 11.4 Å². The molecule has 2 N–H and O–H groups in total. The van der Waals surface area contributed by atoms with Gasteiger partial charge in [-0.15, -0.1) is 13.2 Å². The highest BCUT2D eigenvalue weighted by Crippen LogP contribution is 2.25. The lowest BCUT2D eigenvalue weighted by atomic mass is 10.2. The largest absolute Gasteiger partial charge is 0.573 e. The fourth-order valence-electron chi connectivity index (χ4n) is 2.04. The molecule has 0 spiro atoms. The molecule has 3 aromatic rings. The molecule has 0 aliphatic rings. The number of aromatic nitrogens is 2. The fourth-order valence-corrected chi connectivity index (χ4v) is 3.15. The number of halogens is 4. The van der Waals surface area contributed by atoms with Crippen LogP contribution in [0.15, 0.2) is 57.9 Å². The molecule has 0 saturated heterocycles. The van der Waals surface area contributed by atoms with Gasteiger partial charge in [-0.1, -0.05) is 22.8 Å². The zero-order chi connectivity index (χ0) is 21.4. The number of aliphatic hydroxyl groups excluding tert-OH is 1. The molecule has 1 atom stereocenters. The highest BCUT2D eigenvalue weighted by Gasteiger charge is 2.31. The Balaban J connectivity index is 0.00000145. The Kier molecular flexibility index (Phi) is 8.14. The molecular weight excluding hydrogens is 435 g/mol. The maximum atomic E-state index is 12.2. The topological polar surface area (TPSA) is 97.5 Å². The summed E-state index contributed by atoms with van der Waals surface area (Å²) in [6.45, 7) is 0.0292. The van der Waals surface area contributed by atoms with E-state index in [1.165, 1.54) is 12.1 Å². The monoisotopic (exact) mass is 449 g/mol. The second kappa shape index (κ2) is 10.3. The van der Waals surface area contributed by atoms with Crippen molar-refractivity contribution in [2.45, 2.75) is 17.8 Å². The van der Waals surface area contributed by atoms with Gasteiger partial charge in [0.2, 0.25) is 11.7 Å². The Labute approximate surface area is 171 Å². The number of benzene rings is 2. The van der Waals surface area contributed by atoms with Crippen LogP contribution in [0.1, 0.15) is 5.89 Å². The van der Waals surface area contributed by atoms with Crippen LogP contribution in [0.4, 0.5) is 13.2 Å². The first-order valence-corrected chi connectivity index (χ1v) is 9.37. The number of hydrogen-bond acceptors (Lipinski definition) is 6. The van der Waals surface area contributed by atoms with Crippen LogP contribution in [0.3, 0.4) is 0 Å². The molecule has 1 aromatic heterocycles. The first-order chi connectivity index (χ1) is 13.8. The summed E-state index contributed by atoms with van der Waals surface area (Å²) < 4.78 is 60.2. The number of alkyl halides is 3. The molecule has 7 nitrogen and oxygen atoms in total. The molecule has 0 aliphatic heterocycles. The van der Waals surface area contributed by atoms with Crippen molar-refractivity contribution in [3.8, 4) is 17.1 Å². The summed E-state index contributed by atoms with van der Waals surface area (Å²) in [5, 5.41) is 11.2. The molecule has 1 unspecified atom stereocenters. The molecule has 0 radical (unpaired) electrons. The van der Waals surface area contributed by atoms with Gasteiger partial charge in [-0.25, -0.2) is 8.93 Å². The smallest absolute Gasteiger partial charge is 0.406 e. The highest BCUT2D eigenvalue weighted by molar-refractivity contribution is 7.83. The van der Waals surface area contributed by atoms with Gasteiger partial charge in [0.15, 0.2) is 0 Å². The van der Waals surface area contributed by atoms with Crippen molar-refractivity contribution in [2.24, 2.45) is 0 Å².